The van der Waals surface area contributed by atoms with E-state index in [4.69, 9.17) is 0 Å². The fourth-order valence-corrected chi connectivity index (χ4v) is 4.62. The molecule has 1 amide bonds. The molecule has 0 aromatic heterocycles. The second kappa shape index (κ2) is 9.41. The van der Waals surface area contributed by atoms with Crippen LogP contribution in [0.25, 0.3) is 0 Å². The summed E-state index contributed by atoms with van der Waals surface area (Å²) in [6.07, 6.45) is 0.974. The monoisotopic (exact) mass is 423 g/mol. The van der Waals surface area contributed by atoms with E-state index in [2.05, 4.69) is 17.6 Å². The maximum atomic E-state index is 13.1. The number of para-hydroxylation sites is 1. The van der Waals surface area contributed by atoms with Crippen molar-refractivity contribution in [3.8, 4) is 0 Å². The quantitative estimate of drug-likeness (QED) is 0.774. The van der Waals surface area contributed by atoms with Crippen LogP contribution in [-0.2, 0) is 10.0 Å². The number of halogens is 1. The van der Waals surface area contributed by atoms with Gasteiger partial charge in [-0.25, -0.2) is 8.42 Å². The van der Waals surface area contributed by atoms with E-state index in [9.17, 15) is 13.2 Å². The smallest absolute Gasteiger partial charge is 0.264 e. The predicted molar refractivity (Wildman–Crippen MR) is 114 cm³/mol. The van der Waals surface area contributed by atoms with Gasteiger partial charge in [-0.1, -0.05) is 37.3 Å². The number of nitrogens with zero attached hydrogens (tertiary/aromatic N) is 1. The largest absolute Gasteiger partial charge is 0.348 e. The molecule has 2 aromatic carbocycles. The lowest BCUT2D eigenvalue weighted by atomic mass is 9.94. The van der Waals surface area contributed by atoms with Gasteiger partial charge in [0.1, 0.15) is 4.90 Å². The average Bonchev–Trinajstić information content (AvgIpc) is 2.69. The molecule has 2 N–H and O–H groups in total. The predicted octanol–water partition coefficient (Wildman–Crippen LogP) is 2.66. The highest BCUT2D eigenvalue weighted by atomic mass is 35.5. The number of anilines is 1. The number of amides is 1. The third-order valence-corrected chi connectivity index (χ3v) is 6.88. The van der Waals surface area contributed by atoms with E-state index in [-0.39, 0.29) is 34.8 Å². The van der Waals surface area contributed by atoms with Crippen LogP contribution in [0.4, 0.5) is 5.69 Å². The molecule has 2 atom stereocenters. The molecule has 0 radical (unpaired) electrons. The van der Waals surface area contributed by atoms with Crippen molar-refractivity contribution in [2.75, 3.05) is 24.4 Å². The Bertz CT molecular complexity index is 906. The summed E-state index contributed by atoms with van der Waals surface area (Å²) in [5.74, 6) is -0.0258. The molecule has 1 heterocycles. The van der Waals surface area contributed by atoms with Crippen LogP contribution in [0.15, 0.2) is 59.5 Å². The number of nitrogens with one attached hydrogen (secondary N) is 2. The topological polar surface area (TPSA) is 78.5 Å². The van der Waals surface area contributed by atoms with Crippen LogP contribution in [0.2, 0.25) is 0 Å². The third-order valence-electron chi connectivity index (χ3n) is 5.03. The minimum absolute atomic E-state index is 0. The van der Waals surface area contributed by atoms with E-state index < -0.39 is 10.0 Å². The zero-order valence-electron chi connectivity index (χ0n) is 16.0. The molecule has 152 valence electrons. The van der Waals surface area contributed by atoms with Crippen LogP contribution in [0.3, 0.4) is 0 Å². The summed E-state index contributed by atoms with van der Waals surface area (Å²) in [6.45, 7) is 3.71. The maximum absolute atomic E-state index is 13.1. The van der Waals surface area contributed by atoms with Gasteiger partial charge in [-0.15, -0.1) is 12.4 Å². The first kappa shape index (κ1) is 22.2. The van der Waals surface area contributed by atoms with Gasteiger partial charge in [0, 0.05) is 19.6 Å². The first-order valence-corrected chi connectivity index (χ1v) is 10.5. The minimum atomic E-state index is -3.87. The molecule has 0 aliphatic carbocycles. The van der Waals surface area contributed by atoms with Crippen LogP contribution < -0.4 is 14.9 Å². The Labute approximate surface area is 172 Å². The lowest BCUT2D eigenvalue weighted by molar-refractivity contribution is 0.0912. The molecule has 3 rings (SSSR count). The van der Waals surface area contributed by atoms with Crippen LogP contribution >= 0.6 is 12.4 Å². The zero-order valence-corrected chi connectivity index (χ0v) is 17.6. The summed E-state index contributed by atoms with van der Waals surface area (Å²) in [4.78, 5) is 12.9. The molecule has 1 fully saturated rings. The van der Waals surface area contributed by atoms with Crippen molar-refractivity contribution in [2.24, 2.45) is 5.92 Å². The van der Waals surface area contributed by atoms with Crippen molar-refractivity contribution < 1.29 is 13.2 Å². The lowest BCUT2D eigenvalue weighted by Crippen LogP contribution is -2.50. The molecule has 0 bridgehead atoms. The number of benzene rings is 2. The average molecular weight is 424 g/mol. The fraction of sp³-hybridized carbons (Fsp3) is 0.350. The molecule has 28 heavy (non-hydrogen) atoms. The molecular weight excluding hydrogens is 398 g/mol. The van der Waals surface area contributed by atoms with Crippen LogP contribution in [0, 0.1) is 5.92 Å². The van der Waals surface area contributed by atoms with Gasteiger partial charge >= 0.3 is 0 Å². The summed E-state index contributed by atoms with van der Waals surface area (Å²) in [7, 11) is -2.37. The highest BCUT2D eigenvalue weighted by molar-refractivity contribution is 7.92. The van der Waals surface area contributed by atoms with Gasteiger partial charge < -0.3 is 10.6 Å². The zero-order chi connectivity index (χ0) is 19.4. The first-order chi connectivity index (χ1) is 12.9. The molecular formula is C20H26ClN3O3S. The lowest BCUT2D eigenvalue weighted by Gasteiger charge is -2.30. The number of piperidine rings is 1. The normalized spacial score (nSPS) is 19.4. The molecule has 1 aliphatic rings. The van der Waals surface area contributed by atoms with Gasteiger partial charge in [-0.3, -0.25) is 9.10 Å². The van der Waals surface area contributed by atoms with Crippen molar-refractivity contribution in [2.45, 2.75) is 24.3 Å². The summed E-state index contributed by atoms with van der Waals surface area (Å²) in [5, 5.41) is 6.26. The van der Waals surface area contributed by atoms with Crippen molar-refractivity contribution >= 4 is 34.0 Å². The summed E-state index contributed by atoms with van der Waals surface area (Å²) < 4.78 is 27.5. The fourth-order valence-electron chi connectivity index (χ4n) is 3.23. The highest BCUT2D eigenvalue weighted by Crippen LogP contribution is 2.24. The van der Waals surface area contributed by atoms with Crippen molar-refractivity contribution in [3.05, 3.63) is 60.2 Å². The molecule has 6 nitrogen and oxygen atoms in total. The molecule has 0 saturated carbocycles. The number of hydrogen-bond donors (Lipinski definition) is 2. The van der Waals surface area contributed by atoms with Crippen molar-refractivity contribution in [1.29, 1.82) is 0 Å². The minimum Gasteiger partial charge on any atom is -0.348 e. The Morgan fingerprint density at radius 2 is 1.75 bits per heavy atom. The van der Waals surface area contributed by atoms with Gasteiger partial charge in [-0.05, 0) is 43.1 Å². The number of sulfonamides is 1. The Morgan fingerprint density at radius 3 is 2.43 bits per heavy atom. The number of hydrogen-bond acceptors (Lipinski definition) is 4. The Kier molecular flexibility index (Phi) is 7.46. The Hall–Kier alpha value is -2.09. The standard InChI is InChI=1S/C20H25N3O3S.ClH/c1-15-12-13-21-14-18(15)22-20(24)17-10-6-7-11-19(17)27(25,26)23(2)16-8-4-3-5-9-16;/h3-11,15,18,21H,12-14H2,1-2H3,(H,22,24);1H. The summed E-state index contributed by atoms with van der Waals surface area (Å²) in [6, 6.07) is 15.1. The van der Waals surface area contributed by atoms with E-state index in [0.717, 1.165) is 13.0 Å². The van der Waals surface area contributed by atoms with Gasteiger partial charge in [0.25, 0.3) is 15.9 Å². The first-order valence-electron chi connectivity index (χ1n) is 9.06. The van der Waals surface area contributed by atoms with Gasteiger partial charge in [0.15, 0.2) is 0 Å². The molecule has 2 aromatic rings. The summed E-state index contributed by atoms with van der Waals surface area (Å²) in [5.41, 5.74) is 0.705. The van der Waals surface area contributed by atoms with E-state index in [0.29, 0.717) is 18.2 Å². The van der Waals surface area contributed by atoms with Crippen LogP contribution in [0.1, 0.15) is 23.7 Å². The molecule has 1 aliphatic heterocycles. The number of carbonyl (C=O) groups is 1. The van der Waals surface area contributed by atoms with E-state index in [1.165, 1.54) is 17.4 Å². The van der Waals surface area contributed by atoms with Crippen molar-refractivity contribution in [3.63, 3.8) is 0 Å². The van der Waals surface area contributed by atoms with E-state index in [1.54, 1.807) is 42.5 Å². The van der Waals surface area contributed by atoms with E-state index >= 15 is 0 Å². The molecule has 1 saturated heterocycles. The van der Waals surface area contributed by atoms with E-state index in [1.807, 2.05) is 6.07 Å². The number of rotatable bonds is 5. The second-order valence-corrected chi connectivity index (χ2v) is 8.79. The number of carbonyl (C=O) groups excluding carboxylic acids is 1. The second-order valence-electron chi connectivity index (χ2n) is 6.85. The molecule has 8 heteroatoms. The molecule has 2 unspecified atom stereocenters. The van der Waals surface area contributed by atoms with Crippen LogP contribution in [0.5, 0.6) is 0 Å². The van der Waals surface area contributed by atoms with Gasteiger partial charge in [0.2, 0.25) is 0 Å². The SMILES string of the molecule is CC1CCNCC1NC(=O)c1ccccc1S(=O)(=O)N(C)c1ccccc1.Cl. The molecule has 0 spiro atoms. The maximum Gasteiger partial charge on any atom is 0.264 e. The Balaban J connectivity index is 0.00000280. The summed E-state index contributed by atoms with van der Waals surface area (Å²) >= 11 is 0. The Morgan fingerprint density at radius 1 is 1.11 bits per heavy atom. The highest BCUT2D eigenvalue weighted by Gasteiger charge is 2.29. The van der Waals surface area contributed by atoms with Gasteiger partial charge in [-0.2, -0.15) is 0 Å². The van der Waals surface area contributed by atoms with Gasteiger partial charge in [0.05, 0.1) is 11.3 Å². The third kappa shape index (κ3) is 4.66. The van der Waals surface area contributed by atoms with Crippen LogP contribution in [-0.4, -0.2) is 40.5 Å². The van der Waals surface area contributed by atoms with Crippen molar-refractivity contribution in [1.82, 2.24) is 10.6 Å².